The first kappa shape index (κ1) is 24.3. The summed E-state index contributed by atoms with van der Waals surface area (Å²) in [5.41, 5.74) is 5.83. The average molecular weight is 474 g/mol. The van der Waals surface area contributed by atoms with Crippen LogP contribution in [0.4, 0.5) is 4.79 Å². The van der Waals surface area contributed by atoms with Crippen LogP contribution in [0.3, 0.4) is 0 Å². The van der Waals surface area contributed by atoms with E-state index >= 15 is 0 Å². The van der Waals surface area contributed by atoms with Gasteiger partial charge < -0.3 is 19.9 Å². The molecule has 0 bridgehead atoms. The predicted molar refractivity (Wildman–Crippen MR) is 135 cm³/mol. The Hall–Kier alpha value is -3.80. The summed E-state index contributed by atoms with van der Waals surface area (Å²) in [7, 11) is 0. The van der Waals surface area contributed by atoms with Crippen molar-refractivity contribution in [1.82, 2.24) is 5.32 Å². The molecule has 1 aliphatic carbocycles. The number of carbonyl (C=O) groups excluding carboxylic acids is 1. The molecular formula is C29H31NO5. The first-order chi connectivity index (χ1) is 16.6. The van der Waals surface area contributed by atoms with Crippen LogP contribution < -0.4 is 10.1 Å². The Labute approximate surface area is 205 Å². The monoisotopic (exact) mass is 473 g/mol. The lowest BCUT2D eigenvalue weighted by Crippen LogP contribution is -2.42. The van der Waals surface area contributed by atoms with E-state index in [0.717, 1.165) is 39.1 Å². The minimum Gasteiger partial charge on any atom is -0.488 e. The van der Waals surface area contributed by atoms with E-state index in [1.165, 1.54) is 0 Å². The van der Waals surface area contributed by atoms with E-state index in [0.29, 0.717) is 0 Å². The minimum atomic E-state index is -1.12. The third-order valence-electron chi connectivity index (χ3n) is 6.03. The Morgan fingerprint density at radius 2 is 1.57 bits per heavy atom. The van der Waals surface area contributed by atoms with Crippen molar-refractivity contribution in [2.24, 2.45) is 0 Å². The van der Waals surface area contributed by atoms with Crippen LogP contribution in [0.2, 0.25) is 0 Å². The lowest BCUT2D eigenvalue weighted by molar-refractivity contribution is -0.139. The molecule has 1 amide bonds. The largest absolute Gasteiger partial charge is 0.488 e. The smallest absolute Gasteiger partial charge is 0.407 e. The van der Waals surface area contributed by atoms with E-state index < -0.39 is 18.1 Å². The predicted octanol–water partition coefficient (Wildman–Crippen LogP) is 5.71. The maximum atomic E-state index is 12.6. The van der Waals surface area contributed by atoms with Crippen LogP contribution in [0.25, 0.3) is 11.1 Å². The molecule has 0 fully saturated rings. The fraction of sp³-hybridized carbons (Fsp3) is 0.310. The Bertz CT molecular complexity index is 1200. The molecule has 0 unspecified atom stereocenters. The Kier molecular flexibility index (Phi) is 6.83. The van der Waals surface area contributed by atoms with E-state index in [-0.39, 0.29) is 24.5 Å². The molecule has 3 aromatic carbocycles. The molecule has 182 valence electrons. The molecule has 35 heavy (non-hydrogen) atoms. The van der Waals surface area contributed by atoms with Crippen molar-refractivity contribution in [3.63, 3.8) is 0 Å². The van der Waals surface area contributed by atoms with Crippen molar-refractivity contribution in [3.8, 4) is 16.9 Å². The highest BCUT2D eigenvalue weighted by atomic mass is 16.5. The first-order valence-electron chi connectivity index (χ1n) is 11.8. The summed E-state index contributed by atoms with van der Waals surface area (Å²) < 4.78 is 11.5. The van der Waals surface area contributed by atoms with E-state index in [2.05, 4.69) is 17.4 Å². The van der Waals surface area contributed by atoms with Gasteiger partial charge >= 0.3 is 12.1 Å². The van der Waals surface area contributed by atoms with E-state index in [1.807, 2.05) is 82.3 Å². The molecule has 0 aromatic heterocycles. The highest BCUT2D eigenvalue weighted by molar-refractivity contribution is 5.81. The van der Waals surface area contributed by atoms with Gasteiger partial charge in [-0.1, -0.05) is 60.7 Å². The van der Waals surface area contributed by atoms with Crippen molar-refractivity contribution in [3.05, 3.63) is 89.0 Å². The number of aryl methyl sites for hydroxylation is 1. The molecule has 1 atom stereocenters. The second-order valence-electron chi connectivity index (χ2n) is 9.88. The van der Waals surface area contributed by atoms with Gasteiger partial charge in [0.2, 0.25) is 0 Å². The fourth-order valence-corrected chi connectivity index (χ4v) is 4.50. The van der Waals surface area contributed by atoms with Gasteiger partial charge in [-0.15, -0.1) is 0 Å². The van der Waals surface area contributed by atoms with Crippen LogP contribution in [0.15, 0.2) is 66.7 Å². The van der Waals surface area contributed by atoms with Gasteiger partial charge in [-0.2, -0.15) is 0 Å². The standard InChI is InChI=1S/C29H31NO5/c1-18-15-19(13-14-26(18)35-29(2,3)4)16-25(27(31)32)30-28(33)34-17-24-22-11-7-5-9-20(22)21-10-6-8-12-23(21)24/h5-15,24-25H,16-17H2,1-4H3,(H,30,33)(H,31,32)/t25-/m1/s1. The van der Waals surface area contributed by atoms with Gasteiger partial charge in [-0.3, -0.25) is 0 Å². The molecule has 0 heterocycles. The molecule has 6 heteroatoms. The molecule has 0 saturated heterocycles. The fourth-order valence-electron chi connectivity index (χ4n) is 4.50. The second-order valence-corrected chi connectivity index (χ2v) is 9.88. The molecule has 0 aliphatic heterocycles. The maximum absolute atomic E-state index is 12.6. The molecule has 0 saturated carbocycles. The lowest BCUT2D eigenvalue weighted by Gasteiger charge is -2.23. The molecule has 6 nitrogen and oxygen atoms in total. The summed E-state index contributed by atoms with van der Waals surface area (Å²) >= 11 is 0. The zero-order chi connectivity index (χ0) is 25.2. The van der Waals surface area contributed by atoms with Gasteiger partial charge in [0, 0.05) is 12.3 Å². The SMILES string of the molecule is Cc1cc(C[C@@H](NC(=O)OCC2c3ccccc3-c3ccccc32)C(=O)O)ccc1OC(C)(C)C. The summed E-state index contributed by atoms with van der Waals surface area (Å²) in [5.74, 6) is -0.460. The van der Waals surface area contributed by atoms with Gasteiger partial charge in [0.15, 0.2) is 0 Å². The molecule has 2 N–H and O–H groups in total. The molecule has 4 rings (SSSR count). The number of carbonyl (C=O) groups is 2. The zero-order valence-corrected chi connectivity index (χ0v) is 20.5. The molecule has 3 aromatic rings. The van der Waals surface area contributed by atoms with Crippen LogP contribution in [0, 0.1) is 6.92 Å². The number of ether oxygens (including phenoxy) is 2. The van der Waals surface area contributed by atoms with Crippen LogP contribution in [0.5, 0.6) is 5.75 Å². The van der Waals surface area contributed by atoms with Gasteiger partial charge in [-0.25, -0.2) is 9.59 Å². The number of alkyl carbamates (subject to hydrolysis) is 1. The third-order valence-corrected chi connectivity index (χ3v) is 6.03. The Morgan fingerprint density at radius 1 is 0.971 bits per heavy atom. The zero-order valence-electron chi connectivity index (χ0n) is 20.5. The van der Waals surface area contributed by atoms with Gasteiger partial charge in [0.1, 0.15) is 24.0 Å². The molecule has 0 spiro atoms. The summed E-state index contributed by atoms with van der Waals surface area (Å²) in [5, 5.41) is 12.2. The average Bonchev–Trinajstić information content (AvgIpc) is 3.12. The van der Waals surface area contributed by atoms with Crippen molar-refractivity contribution < 1.29 is 24.2 Å². The first-order valence-corrected chi connectivity index (χ1v) is 11.8. The number of hydrogen-bond donors (Lipinski definition) is 2. The van der Waals surface area contributed by atoms with Crippen molar-refractivity contribution in [2.45, 2.75) is 51.7 Å². The number of nitrogens with one attached hydrogen (secondary N) is 1. The molecule has 1 aliphatic rings. The van der Waals surface area contributed by atoms with Crippen molar-refractivity contribution >= 4 is 12.1 Å². The van der Waals surface area contributed by atoms with Crippen molar-refractivity contribution in [1.29, 1.82) is 0 Å². The van der Waals surface area contributed by atoms with E-state index in [4.69, 9.17) is 9.47 Å². The van der Waals surface area contributed by atoms with Gasteiger partial charge in [0.05, 0.1) is 0 Å². The van der Waals surface area contributed by atoms with Crippen LogP contribution in [-0.2, 0) is 16.0 Å². The van der Waals surface area contributed by atoms with Crippen LogP contribution >= 0.6 is 0 Å². The number of aliphatic carboxylic acids is 1. The lowest BCUT2D eigenvalue weighted by atomic mass is 9.98. The summed E-state index contributed by atoms with van der Waals surface area (Å²) in [6.07, 6.45) is -0.612. The molecular weight excluding hydrogens is 442 g/mol. The van der Waals surface area contributed by atoms with E-state index in [9.17, 15) is 14.7 Å². The van der Waals surface area contributed by atoms with Crippen molar-refractivity contribution in [2.75, 3.05) is 6.61 Å². The van der Waals surface area contributed by atoms with E-state index in [1.54, 1.807) is 0 Å². The Morgan fingerprint density at radius 3 is 2.11 bits per heavy atom. The highest BCUT2D eigenvalue weighted by Crippen LogP contribution is 2.44. The highest BCUT2D eigenvalue weighted by Gasteiger charge is 2.30. The van der Waals surface area contributed by atoms with Crippen LogP contribution in [-0.4, -0.2) is 35.4 Å². The number of carboxylic acid groups (broad SMARTS) is 1. The number of carboxylic acids is 1. The Balaban J connectivity index is 1.41. The number of hydrogen-bond acceptors (Lipinski definition) is 4. The topological polar surface area (TPSA) is 84.9 Å². The van der Waals surface area contributed by atoms with Crippen LogP contribution in [0.1, 0.15) is 48.9 Å². The second kappa shape index (κ2) is 9.82. The normalized spacial score (nSPS) is 13.5. The number of rotatable bonds is 7. The van der Waals surface area contributed by atoms with Gasteiger partial charge in [0.25, 0.3) is 0 Å². The third kappa shape index (κ3) is 5.65. The van der Waals surface area contributed by atoms with Gasteiger partial charge in [-0.05, 0) is 67.1 Å². The maximum Gasteiger partial charge on any atom is 0.407 e. The summed E-state index contributed by atoms with van der Waals surface area (Å²) in [4.78, 5) is 24.5. The molecule has 0 radical (unpaired) electrons. The minimum absolute atomic E-state index is 0.0885. The summed E-state index contributed by atoms with van der Waals surface area (Å²) in [6.45, 7) is 7.96. The quantitative estimate of drug-likeness (QED) is 0.459. The summed E-state index contributed by atoms with van der Waals surface area (Å²) in [6, 6.07) is 20.6. The number of fused-ring (bicyclic) bond motifs is 3. The number of amides is 1. The number of benzene rings is 3.